The van der Waals surface area contributed by atoms with Crippen LogP contribution in [0.1, 0.15) is 22.6 Å². The standard InChI is InChI=1S/C13H14ClN3O3/c1-8-12(13(20)16(2)5-4-11(18)19)17-6-3-9(14)7-10(17)15-8/h3,6-7H,4-5H2,1-2H3,(H,18,19). The zero-order chi connectivity index (χ0) is 14.9. The van der Waals surface area contributed by atoms with Crippen molar-refractivity contribution in [1.82, 2.24) is 14.3 Å². The molecule has 2 aromatic heterocycles. The minimum Gasteiger partial charge on any atom is -0.481 e. The third-order valence-corrected chi connectivity index (χ3v) is 3.21. The number of fused-ring (bicyclic) bond motifs is 1. The highest BCUT2D eigenvalue weighted by Gasteiger charge is 2.20. The number of carboxylic acid groups (broad SMARTS) is 1. The molecule has 0 spiro atoms. The first-order chi connectivity index (χ1) is 9.40. The number of imidazole rings is 1. The normalized spacial score (nSPS) is 10.8. The van der Waals surface area contributed by atoms with Gasteiger partial charge in [0.25, 0.3) is 5.91 Å². The Bertz CT molecular complexity index is 681. The Hall–Kier alpha value is -2.08. The molecule has 2 aromatic rings. The quantitative estimate of drug-likeness (QED) is 0.934. The second kappa shape index (κ2) is 5.50. The SMILES string of the molecule is Cc1nc2cc(Cl)ccn2c1C(=O)N(C)CCC(=O)O. The molecule has 0 aliphatic carbocycles. The summed E-state index contributed by atoms with van der Waals surface area (Å²) in [7, 11) is 1.57. The molecule has 0 saturated carbocycles. The van der Waals surface area contributed by atoms with Crippen LogP contribution in [-0.4, -0.2) is 44.9 Å². The highest BCUT2D eigenvalue weighted by atomic mass is 35.5. The van der Waals surface area contributed by atoms with Gasteiger partial charge in [-0.05, 0) is 13.0 Å². The van der Waals surface area contributed by atoms with E-state index >= 15 is 0 Å². The Morgan fingerprint density at radius 1 is 1.50 bits per heavy atom. The lowest BCUT2D eigenvalue weighted by molar-refractivity contribution is -0.137. The molecule has 2 heterocycles. The zero-order valence-corrected chi connectivity index (χ0v) is 11.9. The van der Waals surface area contributed by atoms with Crippen LogP contribution < -0.4 is 0 Å². The van der Waals surface area contributed by atoms with Gasteiger partial charge in [-0.15, -0.1) is 0 Å². The van der Waals surface area contributed by atoms with E-state index in [1.165, 1.54) is 4.90 Å². The number of carbonyl (C=O) groups excluding carboxylic acids is 1. The minimum atomic E-state index is -0.939. The van der Waals surface area contributed by atoms with Gasteiger partial charge in [0, 0.05) is 30.9 Å². The van der Waals surface area contributed by atoms with E-state index in [4.69, 9.17) is 16.7 Å². The summed E-state index contributed by atoms with van der Waals surface area (Å²) in [6.45, 7) is 1.88. The third kappa shape index (κ3) is 2.75. The van der Waals surface area contributed by atoms with Gasteiger partial charge in [0.15, 0.2) is 0 Å². The van der Waals surface area contributed by atoms with E-state index in [0.717, 1.165) is 0 Å². The number of carbonyl (C=O) groups is 2. The van der Waals surface area contributed by atoms with Gasteiger partial charge in [0.05, 0.1) is 12.1 Å². The number of aryl methyl sites for hydroxylation is 1. The lowest BCUT2D eigenvalue weighted by Crippen LogP contribution is -2.30. The summed E-state index contributed by atoms with van der Waals surface area (Å²) in [6, 6.07) is 3.34. The molecule has 0 bridgehead atoms. The number of hydrogen-bond acceptors (Lipinski definition) is 3. The van der Waals surface area contributed by atoms with Crippen molar-refractivity contribution >= 4 is 29.1 Å². The Balaban J connectivity index is 2.34. The molecule has 0 aliphatic heterocycles. The summed E-state index contributed by atoms with van der Waals surface area (Å²) < 4.78 is 1.65. The van der Waals surface area contributed by atoms with Gasteiger partial charge in [-0.25, -0.2) is 4.98 Å². The molecule has 1 amide bonds. The van der Waals surface area contributed by atoms with Crippen LogP contribution in [0.25, 0.3) is 5.65 Å². The first kappa shape index (κ1) is 14.3. The number of carboxylic acids is 1. The summed E-state index contributed by atoms with van der Waals surface area (Å²) in [4.78, 5) is 28.6. The number of aromatic nitrogens is 2. The van der Waals surface area contributed by atoms with E-state index in [9.17, 15) is 9.59 Å². The molecule has 6 nitrogen and oxygen atoms in total. The second-order valence-electron chi connectivity index (χ2n) is 4.49. The Labute approximate surface area is 120 Å². The molecule has 0 radical (unpaired) electrons. The maximum Gasteiger partial charge on any atom is 0.305 e. The van der Waals surface area contributed by atoms with E-state index in [1.54, 1.807) is 36.7 Å². The smallest absolute Gasteiger partial charge is 0.305 e. The Kier molecular flexibility index (Phi) is 3.94. The van der Waals surface area contributed by atoms with Crippen LogP contribution in [0.3, 0.4) is 0 Å². The zero-order valence-electron chi connectivity index (χ0n) is 11.1. The van der Waals surface area contributed by atoms with Crippen LogP contribution in [0.5, 0.6) is 0 Å². The summed E-state index contributed by atoms with van der Waals surface area (Å²) >= 11 is 5.89. The van der Waals surface area contributed by atoms with E-state index < -0.39 is 5.97 Å². The average molecular weight is 296 g/mol. The largest absolute Gasteiger partial charge is 0.481 e. The lowest BCUT2D eigenvalue weighted by atomic mass is 10.3. The molecule has 7 heteroatoms. The summed E-state index contributed by atoms with van der Waals surface area (Å²) in [5, 5.41) is 9.20. The van der Waals surface area contributed by atoms with Gasteiger partial charge >= 0.3 is 5.97 Å². The second-order valence-corrected chi connectivity index (χ2v) is 4.93. The van der Waals surface area contributed by atoms with Crippen LogP contribution in [-0.2, 0) is 4.79 Å². The molecule has 20 heavy (non-hydrogen) atoms. The van der Waals surface area contributed by atoms with Gasteiger partial charge < -0.3 is 10.0 Å². The molecule has 0 aromatic carbocycles. The summed E-state index contributed by atoms with van der Waals surface area (Å²) in [5.41, 5.74) is 1.59. The van der Waals surface area contributed by atoms with Crippen LogP contribution in [0.15, 0.2) is 18.3 Å². The van der Waals surface area contributed by atoms with Crippen molar-refractivity contribution in [3.8, 4) is 0 Å². The molecule has 0 atom stereocenters. The maximum absolute atomic E-state index is 12.4. The van der Waals surface area contributed by atoms with Gasteiger partial charge in [0.1, 0.15) is 11.3 Å². The highest BCUT2D eigenvalue weighted by Crippen LogP contribution is 2.17. The summed E-state index contributed by atoms with van der Waals surface area (Å²) in [5.74, 6) is -1.20. The maximum atomic E-state index is 12.4. The lowest BCUT2D eigenvalue weighted by Gasteiger charge is -2.16. The number of hydrogen-bond donors (Lipinski definition) is 1. The molecule has 0 aliphatic rings. The third-order valence-electron chi connectivity index (χ3n) is 2.97. The predicted molar refractivity (Wildman–Crippen MR) is 74.2 cm³/mol. The number of pyridine rings is 1. The van der Waals surface area contributed by atoms with Crippen molar-refractivity contribution in [2.75, 3.05) is 13.6 Å². The average Bonchev–Trinajstić information content (AvgIpc) is 2.69. The van der Waals surface area contributed by atoms with Gasteiger partial charge in [-0.3, -0.25) is 14.0 Å². The fourth-order valence-corrected chi connectivity index (χ4v) is 2.09. The molecule has 106 valence electrons. The van der Waals surface area contributed by atoms with Gasteiger partial charge in [-0.2, -0.15) is 0 Å². The molecule has 0 unspecified atom stereocenters. The molecule has 0 fully saturated rings. The topological polar surface area (TPSA) is 74.9 Å². The van der Waals surface area contributed by atoms with Crippen LogP contribution in [0.2, 0.25) is 5.02 Å². The molecule has 0 saturated heterocycles. The van der Waals surface area contributed by atoms with Crippen molar-refractivity contribution in [3.05, 3.63) is 34.7 Å². The van der Waals surface area contributed by atoms with E-state index in [2.05, 4.69) is 4.98 Å². The van der Waals surface area contributed by atoms with Crippen LogP contribution in [0, 0.1) is 6.92 Å². The Morgan fingerprint density at radius 3 is 2.85 bits per heavy atom. The number of rotatable bonds is 4. The van der Waals surface area contributed by atoms with Crippen LogP contribution >= 0.6 is 11.6 Å². The number of nitrogens with zero attached hydrogens (tertiary/aromatic N) is 3. The van der Waals surface area contributed by atoms with Crippen molar-refractivity contribution in [3.63, 3.8) is 0 Å². The minimum absolute atomic E-state index is 0.0934. The van der Waals surface area contributed by atoms with Crippen molar-refractivity contribution in [1.29, 1.82) is 0 Å². The molecular formula is C13H14ClN3O3. The Morgan fingerprint density at radius 2 is 2.20 bits per heavy atom. The first-order valence-electron chi connectivity index (χ1n) is 6.01. The van der Waals surface area contributed by atoms with Crippen LogP contribution in [0.4, 0.5) is 0 Å². The molecular weight excluding hydrogens is 282 g/mol. The monoisotopic (exact) mass is 295 g/mol. The van der Waals surface area contributed by atoms with Crippen molar-refractivity contribution in [2.24, 2.45) is 0 Å². The van der Waals surface area contributed by atoms with E-state index in [1.807, 2.05) is 0 Å². The van der Waals surface area contributed by atoms with E-state index in [0.29, 0.717) is 22.1 Å². The fraction of sp³-hybridized carbons (Fsp3) is 0.308. The number of amides is 1. The van der Waals surface area contributed by atoms with Gasteiger partial charge in [0.2, 0.25) is 0 Å². The van der Waals surface area contributed by atoms with Gasteiger partial charge in [-0.1, -0.05) is 11.6 Å². The molecule has 1 N–H and O–H groups in total. The van der Waals surface area contributed by atoms with Crippen molar-refractivity contribution in [2.45, 2.75) is 13.3 Å². The van der Waals surface area contributed by atoms with E-state index in [-0.39, 0.29) is 18.9 Å². The first-order valence-corrected chi connectivity index (χ1v) is 6.39. The fourth-order valence-electron chi connectivity index (χ4n) is 1.94. The predicted octanol–water partition coefficient (Wildman–Crippen LogP) is 1.84. The summed E-state index contributed by atoms with van der Waals surface area (Å²) in [6.07, 6.45) is 1.58. The highest BCUT2D eigenvalue weighted by molar-refractivity contribution is 6.30. The molecule has 2 rings (SSSR count). The number of aliphatic carboxylic acids is 1. The van der Waals surface area contributed by atoms with Crippen molar-refractivity contribution < 1.29 is 14.7 Å². The number of halogens is 1.